The van der Waals surface area contributed by atoms with Crippen LogP contribution in [0.3, 0.4) is 0 Å². The average Bonchev–Trinajstić information content (AvgIpc) is 2.69. The van der Waals surface area contributed by atoms with Crippen molar-refractivity contribution < 1.29 is 17.6 Å². The van der Waals surface area contributed by atoms with Gasteiger partial charge in [0.05, 0.1) is 4.90 Å². The smallest absolute Gasteiger partial charge is 0.240 e. The summed E-state index contributed by atoms with van der Waals surface area (Å²) in [5, 5.41) is 0. The van der Waals surface area contributed by atoms with E-state index in [0.717, 1.165) is 31.8 Å². The van der Waals surface area contributed by atoms with Crippen LogP contribution in [-0.4, -0.2) is 56.8 Å². The molecular formula is C20H24FN3O3S. The highest BCUT2D eigenvalue weighted by molar-refractivity contribution is 7.89. The molecule has 6 nitrogen and oxygen atoms in total. The van der Waals surface area contributed by atoms with Gasteiger partial charge in [0.15, 0.2) is 0 Å². The number of sulfonamides is 1. The van der Waals surface area contributed by atoms with Crippen LogP contribution in [0.1, 0.15) is 12.0 Å². The van der Waals surface area contributed by atoms with Crippen molar-refractivity contribution in [2.75, 3.05) is 32.7 Å². The molecule has 2 aromatic rings. The highest BCUT2D eigenvalue weighted by Crippen LogP contribution is 2.11. The normalized spacial score (nSPS) is 15.5. The summed E-state index contributed by atoms with van der Waals surface area (Å²) in [7, 11) is -3.74. The number of carbonyl (C=O) groups is 1. The number of nitrogens with zero attached hydrogens (tertiary/aromatic N) is 2. The number of hydrogen-bond donors (Lipinski definition) is 1. The van der Waals surface area contributed by atoms with Gasteiger partial charge in [0, 0.05) is 45.7 Å². The molecule has 1 N–H and O–H groups in total. The second kappa shape index (κ2) is 9.27. The van der Waals surface area contributed by atoms with E-state index in [0.29, 0.717) is 13.1 Å². The Morgan fingerprint density at radius 3 is 2.25 bits per heavy atom. The summed E-state index contributed by atoms with van der Waals surface area (Å²) in [4.78, 5) is 16.4. The third kappa shape index (κ3) is 5.60. The fraction of sp³-hybridized carbons (Fsp3) is 0.350. The Morgan fingerprint density at radius 2 is 1.61 bits per heavy atom. The number of halogens is 1. The standard InChI is InChI=1S/C20H24FN3O3S/c21-18-6-8-19(9-7-18)28(26,27)22-11-10-20(25)24-14-12-23(13-15-24)16-17-4-2-1-3-5-17/h1-9,22H,10-16H2. The Labute approximate surface area is 165 Å². The molecule has 8 heteroatoms. The molecule has 1 amide bonds. The van der Waals surface area contributed by atoms with Crippen molar-refractivity contribution in [3.63, 3.8) is 0 Å². The molecular weight excluding hydrogens is 381 g/mol. The first kappa shape index (κ1) is 20.4. The van der Waals surface area contributed by atoms with Crippen LogP contribution in [0.15, 0.2) is 59.5 Å². The van der Waals surface area contributed by atoms with E-state index < -0.39 is 15.8 Å². The molecule has 0 aromatic heterocycles. The van der Waals surface area contributed by atoms with E-state index in [9.17, 15) is 17.6 Å². The number of piperazine rings is 1. The molecule has 0 atom stereocenters. The molecule has 0 spiro atoms. The molecule has 0 saturated carbocycles. The maximum atomic E-state index is 12.9. The molecule has 1 heterocycles. The lowest BCUT2D eigenvalue weighted by Gasteiger charge is -2.34. The summed E-state index contributed by atoms with van der Waals surface area (Å²) in [6.45, 7) is 3.74. The Hall–Kier alpha value is -2.29. The van der Waals surface area contributed by atoms with Gasteiger partial charge >= 0.3 is 0 Å². The van der Waals surface area contributed by atoms with Crippen LogP contribution < -0.4 is 4.72 Å². The maximum Gasteiger partial charge on any atom is 0.240 e. The van der Waals surface area contributed by atoms with Gasteiger partial charge < -0.3 is 4.90 Å². The zero-order valence-corrected chi connectivity index (χ0v) is 16.4. The van der Waals surface area contributed by atoms with Crippen LogP contribution >= 0.6 is 0 Å². The van der Waals surface area contributed by atoms with Crippen LogP contribution in [0.4, 0.5) is 4.39 Å². The first-order chi connectivity index (χ1) is 13.4. The molecule has 1 aliphatic heterocycles. The molecule has 1 aliphatic rings. The number of carbonyl (C=O) groups excluding carboxylic acids is 1. The van der Waals surface area contributed by atoms with Crippen LogP contribution in [0.5, 0.6) is 0 Å². The van der Waals surface area contributed by atoms with Crippen molar-refractivity contribution in [2.45, 2.75) is 17.9 Å². The third-order valence-corrected chi connectivity index (χ3v) is 6.21. The van der Waals surface area contributed by atoms with Gasteiger partial charge in [-0.2, -0.15) is 0 Å². The first-order valence-corrected chi connectivity index (χ1v) is 10.7. The molecule has 0 radical (unpaired) electrons. The number of amides is 1. The summed E-state index contributed by atoms with van der Waals surface area (Å²) in [5.74, 6) is -0.568. The Morgan fingerprint density at radius 1 is 0.964 bits per heavy atom. The molecule has 1 fully saturated rings. The molecule has 3 rings (SSSR count). The molecule has 0 unspecified atom stereocenters. The number of hydrogen-bond acceptors (Lipinski definition) is 4. The van der Waals surface area contributed by atoms with Gasteiger partial charge in [-0.1, -0.05) is 30.3 Å². The van der Waals surface area contributed by atoms with E-state index in [-0.39, 0.29) is 23.8 Å². The number of benzene rings is 2. The van der Waals surface area contributed by atoms with E-state index in [1.807, 2.05) is 18.2 Å². The predicted octanol–water partition coefficient (Wildman–Crippen LogP) is 1.84. The number of rotatable bonds is 7. The topological polar surface area (TPSA) is 69.7 Å². The van der Waals surface area contributed by atoms with Gasteiger partial charge in [0.1, 0.15) is 5.82 Å². The van der Waals surface area contributed by atoms with Crippen LogP contribution in [-0.2, 0) is 21.4 Å². The molecule has 28 heavy (non-hydrogen) atoms. The first-order valence-electron chi connectivity index (χ1n) is 9.23. The van der Waals surface area contributed by atoms with Crippen molar-refractivity contribution in [3.05, 3.63) is 66.0 Å². The minimum absolute atomic E-state index is 0.0166. The van der Waals surface area contributed by atoms with Crippen LogP contribution in [0.25, 0.3) is 0 Å². The Balaban J connectivity index is 1.41. The lowest BCUT2D eigenvalue weighted by Crippen LogP contribution is -2.48. The largest absolute Gasteiger partial charge is 0.340 e. The van der Waals surface area contributed by atoms with Gasteiger partial charge in [-0.15, -0.1) is 0 Å². The highest BCUT2D eigenvalue weighted by atomic mass is 32.2. The second-order valence-electron chi connectivity index (χ2n) is 6.74. The summed E-state index contributed by atoms with van der Waals surface area (Å²) < 4.78 is 39.6. The minimum atomic E-state index is -3.74. The highest BCUT2D eigenvalue weighted by Gasteiger charge is 2.21. The van der Waals surface area contributed by atoms with Crippen LogP contribution in [0.2, 0.25) is 0 Å². The summed E-state index contributed by atoms with van der Waals surface area (Å²) in [6, 6.07) is 14.8. The predicted molar refractivity (Wildman–Crippen MR) is 105 cm³/mol. The Bertz CT molecular complexity index is 881. The monoisotopic (exact) mass is 405 g/mol. The van der Waals surface area contributed by atoms with Crippen molar-refractivity contribution in [3.8, 4) is 0 Å². The Kier molecular flexibility index (Phi) is 6.77. The maximum absolute atomic E-state index is 12.9. The second-order valence-corrected chi connectivity index (χ2v) is 8.51. The van der Waals surface area contributed by atoms with E-state index in [1.165, 1.54) is 17.7 Å². The van der Waals surface area contributed by atoms with E-state index in [4.69, 9.17) is 0 Å². The van der Waals surface area contributed by atoms with E-state index >= 15 is 0 Å². The molecule has 150 valence electrons. The van der Waals surface area contributed by atoms with Crippen molar-refractivity contribution >= 4 is 15.9 Å². The zero-order valence-electron chi connectivity index (χ0n) is 15.6. The van der Waals surface area contributed by atoms with Gasteiger partial charge in [0.2, 0.25) is 15.9 Å². The summed E-state index contributed by atoms with van der Waals surface area (Å²) in [6.07, 6.45) is 0.0963. The third-order valence-electron chi connectivity index (χ3n) is 4.73. The molecule has 0 aliphatic carbocycles. The van der Waals surface area contributed by atoms with E-state index in [1.54, 1.807) is 4.90 Å². The van der Waals surface area contributed by atoms with Gasteiger partial charge in [-0.3, -0.25) is 9.69 Å². The van der Waals surface area contributed by atoms with Gasteiger partial charge in [0.25, 0.3) is 0 Å². The van der Waals surface area contributed by atoms with E-state index in [2.05, 4.69) is 21.8 Å². The minimum Gasteiger partial charge on any atom is -0.340 e. The zero-order chi connectivity index (χ0) is 20.0. The van der Waals surface area contributed by atoms with Gasteiger partial charge in [-0.05, 0) is 29.8 Å². The van der Waals surface area contributed by atoms with Crippen molar-refractivity contribution in [1.82, 2.24) is 14.5 Å². The van der Waals surface area contributed by atoms with Crippen molar-refractivity contribution in [2.24, 2.45) is 0 Å². The summed E-state index contributed by atoms with van der Waals surface area (Å²) in [5.41, 5.74) is 1.25. The lowest BCUT2D eigenvalue weighted by molar-refractivity contribution is -0.132. The molecule has 1 saturated heterocycles. The van der Waals surface area contributed by atoms with Crippen molar-refractivity contribution in [1.29, 1.82) is 0 Å². The molecule has 2 aromatic carbocycles. The average molecular weight is 405 g/mol. The lowest BCUT2D eigenvalue weighted by atomic mass is 10.2. The molecule has 0 bridgehead atoms. The fourth-order valence-electron chi connectivity index (χ4n) is 3.14. The number of nitrogens with one attached hydrogen (secondary N) is 1. The fourth-order valence-corrected chi connectivity index (χ4v) is 4.18. The van der Waals surface area contributed by atoms with Gasteiger partial charge in [-0.25, -0.2) is 17.5 Å². The summed E-state index contributed by atoms with van der Waals surface area (Å²) >= 11 is 0. The quantitative estimate of drug-likeness (QED) is 0.763. The SMILES string of the molecule is O=C(CCNS(=O)(=O)c1ccc(F)cc1)N1CCN(Cc2ccccc2)CC1. The van der Waals surface area contributed by atoms with Crippen LogP contribution in [0, 0.1) is 5.82 Å².